The van der Waals surface area contributed by atoms with Gasteiger partial charge in [0, 0.05) is 0 Å². The molecule has 0 heterocycles. The van der Waals surface area contributed by atoms with E-state index in [2.05, 4.69) is 5.73 Å². The summed E-state index contributed by atoms with van der Waals surface area (Å²) in [5.74, 6) is -0.968. The predicted molar refractivity (Wildman–Crippen MR) is 53.3 cm³/mol. The van der Waals surface area contributed by atoms with Crippen molar-refractivity contribution in [3.8, 4) is 0 Å². The third kappa shape index (κ3) is 24.6. The summed E-state index contributed by atoms with van der Waals surface area (Å²) in [7, 11) is 0. The number of rotatable bonds is 6. The second-order valence-corrected chi connectivity index (χ2v) is 2.59. The standard InChI is InChI=1S/C6H16N2.C2H5NO2/c7-5-3-1-2-4-6-8;3-1-2(4)5/h1-8H2;1,3H2,(H,4,5). The molecule has 0 aliphatic carbocycles. The second-order valence-electron chi connectivity index (χ2n) is 2.59. The van der Waals surface area contributed by atoms with Crippen molar-refractivity contribution in [2.45, 2.75) is 25.7 Å². The van der Waals surface area contributed by atoms with Gasteiger partial charge < -0.3 is 22.3 Å². The molecule has 0 aromatic rings. The minimum atomic E-state index is -0.968. The molecule has 0 unspecified atom stereocenters. The molecule has 13 heavy (non-hydrogen) atoms. The lowest BCUT2D eigenvalue weighted by molar-refractivity contribution is -0.135. The molecule has 0 bridgehead atoms. The van der Waals surface area contributed by atoms with Gasteiger partial charge in [-0.05, 0) is 25.9 Å². The van der Waals surface area contributed by atoms with Crippen LogP contribution in [0.1, 0.15) is 25.7 Å². The highest BCUT2D eigenvalue weighted by molar-refractivity contribution is 5.68. The van der Waals surface area contributed by atoms with Gasteiger partial charge in [-0.3, -0.25) is 4.79 Å². The molecular weight excluding hydrogens is 170 g/mol. The molecule has 0 spiro atoms. The number of carboxylic acids is 1. The van der Waals surface area contributed by atoms with E-state index < -0.39 is 5.97 Å². The van der Waals surface area contributed by atoms with E-state index in [1.54, 1.807) is 0 Å². The van der Waals surface area contributed by atoms with Crippen molar-refractivity contribution in [2.75, 3.05) is 19.6 Å². The number of carboxylic acid groups (broad SMARTS) is 1. The summed E-state index contributed by atoms with van der Waals surface area (Å²) in [6, 6.07) is 0. The van der Waals surface area contributed by atoms with E-state index in [0.717, 1.165) is 25.9 Å². The Morgan fingerprint density at radius 2 is 1.23 bits per heavy atom. The van der Waals surface area contributed by atoms with E-state index in [1.807, 2.05) is 0 Å². The average Bonchev–Trinajstić information content (AvgIpc) is 2.14. The lowest BCUT2D eigenvalue weighted by Gasteiger charge is -1.94. The molecule has 7 N–H and O–H groups in total. The molecule has 0 amide bonds. The zero-order chi connectivity index (χ0) is 10.5. The van der Waals surface area contributed by atoms with Crippen LogP contribution in [0.4, 0.5) is 0 Å². The predicted octanol–water partition coefficient (Wildman–Crippen LogP) is -0.506. The fraction of sp³-hybridized carbons (Fsp3) is 0.875. The fourth-order valence-corrected chi connectivity index (χ4v) is 0.642. The maximum Gasteiger partial charge on any atom is 0.317 e. The van der Waals surface area contributed by atoms with Gasteiger partial charge in [0.2, 0.25) is 0 Å². The van der Waals surface area contributed by atoms with E-state index in [4.69, 9.17) is 16.6 Å². The summed E-state index contributed by atoms with van der Waals surface area (Å²) in [6.07, 6.45) is 4.79. The van der Waals surface area contributed by atoms with Crippen molar-refractivity contribution in [1.29, 1.82) is 0 Å². The summed E-state index contributed by atoms with van der Waals surface area (Å²) in [6.45, 7) is 1.37. The molecule has 0 radical (unpaired) electrons. The summed E-state index contributed by atoms with van der Waals surface area (Å²) in [5, 5.41) is 7.60. The van der Waals surface area contributed by atoms with Gasteiger partial charge in [-0.15, -0.1) is 0 Å². The number of unbranched alkanes of at least 4 members (excludes halogenated alkanes) is 3. The molecule has 0 aliphatic rings. The second kappa shape index (κ2) is 13.9. The van der Waals surface area contributed by atoms with Gasteiger partial charge in [0.25, 0.3) is 0 Å². The van der Waals surface area contributed by atoms with Crippen molar-refractivity contribution in [2.24, 2.45) is 17.2 Å². The van der Waals surface area contributed by atoms with Crippen LogP contribution in [0.25, 0.3) is 0 Å². The Labute approximate surface area is 79.3 Å². The Morgan fingerprint density at radius 1 is 0.923 bits per heavy atom. The van der Waals surface area contributed by atoms with Gasteiger partial charge in [0.1, 0.15) is 0 Å². The number of hydrogen-bond donors (Lipinski definition) is 4. The summed E-state index contributed by atoms with van der Waals surface area (Å²) in [4.78, 5) is 9.24. The van der Waals surface area contributed by atoms with Crippen LogP contribution in [0.3, 0.4) is 0 Å². The largest absolute Gasteiger partial charge is 0.480 e. The number of carbonyl (C=O) groups is 1. The quantitative estimate of drug-likeness (QED) is 0.422. The van der Waals surface area contributed by atoms with E-state index in [0.29, 0.717) is 0 Å². The van der Waals surface area contributed by atoms with Gasteiger partial charge >= 0.3 is 5.97 Å². The first-order valence-electron chi connectivity index (χ1n) is 4.51. The first-order valence-corrected chi connectivity index (χ1v) is 4.51. The highest BCUT2D eigenvalue weighted by atomic mass is 16.4. The molecular formula is C8H21N3O2. The lowest BCUT2D eigenvalue weighted by Crippen LogP contribution is -2.10. The Morgan fingerprint density at radius 3 is 1.38 bits per heavy atom. The molecule has 0 aromatic carbocycles. The fourth-order valence-electron chi connectivity index (χ4n) is 0.642. The number of nitrogens with two attached hydrogens (primary N) is 3. The summed E-state index contributed by atoms with van der Waals surface area (Å²) >= 11 is 0. The van der Waals surface area contributed by atoms with Crippen LogP contribution < -0.4 is 17.2 Å². The molecule has 0 aliphatic heterocycles. The normalized spacial score (nSPS) is 8.85. The van der Waals surface area contributed by atoms with Crippen molar-refractivity contribution < 1.29 is 9.90 Å². The molecule has 80 valence electrons. The van der Waals surface area contributed by atoms with Crippen LogP contribution in [-0.4, -0.2) is 30.7 Å². The highest BCUT2D eigenvalue weighted by Gasteiger charge is 1.83. The minimum absolute atomic E-state index is 0.278. The van der Waals surface area contributed by atoms with Gasteiger partial charge in [-0.2, -0.15) is 0 Å². The van der Waals surface area contributed by atoms with Crippen molar-refractivity contribution >= 4 is 5.97 Å². The molecule has 5 heteroatoms. The Balaban J connectivity index is 0. The summed E-state index contributed by atoms with van der Waals surface area (Å²) < 4.78 is 0. The van der Waals surface area contributed by atoms with E-state index >= 15 is 0 Å². The Kier molecular flexibility index (Phi) is 15.9. The van der Waals surface area contributed by atoms with Crippen LogP contribution >= 0.6 is 0 Å². The maximum absolute atomic E-state index is 9.24. The average molecular weight is 191 g/mol. The van der Waals surface area contributed by atoms with Crippen LogP contribution in [0, 0.1) is 0 Å². The van der Waals surface area contributed by atoms with Crippen molar-refractivity contribution in [3.05, 3.63) is 0 Å². The number of aliphatic carboxylic acids is 1. The lowest BCUT2D eigenvalue weighted by atomic mass is 10.2. The van der Waals surface area contributed by atoms with Crippen LogP contribution in [0.5, 0.6) is 0 Å². The van der Waals surface area contributed by atoms with Gasteiger partial charge in [-0.1, -0.05) is 12.8 Å². The van der Waals surface area contributed by atoms with Crippen molar-refractivity contribution in [1.82, 2.24) is 0 Å². The third-order valence-electron chi connectivity index (χ3n) is 1.33. The topological polar surface area (TPSA) is 115 Å². The van der Waals surface area contributed by atoms with Crippen LogP contribution in [-0.2, 0) is 4.79 Å². The zero-order valence-corrected chi connectivity index (χ0v) is 8.04. The zero-order valence-electron chi connectivity index (χ0n) is 8.04. The van der Waals surface area contributed by atoms with E-state index in [-0.39, 0.29) is 6.54 Å². The van der Waals surface area contributed by atoms with Gasteiger partial charge in [0.15, 0.2) is 0 Å². The first-order chi connectivity index (χ1) is 6.18. The van der Waals surface area contributed by atoms with E-state index in [9.17, 15) is 4.79 Å². The highest BCUT2D eigenvalue weighted by Crippen LogP contribution is 1.95. The smallest absolute Gasteiger partial charge is 0.317 e. The van der Waals surface area contributed by atoms with Gasteiger partial charge in [0.05, 0.1) is 6.54 Å². The monoisotopic (exact) mass is 191 g/mol. The Bertz CT molecular complexity index is 104. The molecule has 0 rings (SSSR count). The SMILES string of the molecule is NCC(=O)O.NCCCCCCN. The van der Waals surface area contributed by atoms with Crippen LogP contribution in [0.15, 0.2) is 0 Å². The minimum Gasteiger partial charge on any atom is -0.480 e. The van der Waals surface area contributed by atoms with Crippen molar-refractivity contribution in [3.63, 3.8) is 0 Å². The molecule has 0 atom stereocenters. The third-order valence-corrected chi connectivity index (χ3v) is 1.33. The van der Waals surface area contributed by atoms with Gasteiger partial charge in [-0.25, -0.2) is 0 Å². The first kappa shape index (κ1) is 14.9. The van der Waals surface area contributed by atoms with E-state index in [1.165, 1.54) is 12.8 Å². The molecule has 0 aromatic heterocycles. The number of hydrogen-bond acceptors (Lipinski definition) is 4. The van der Waals surface area contributed by atoms with Crippen LogP contribution in [0.2, 0.25) is 0 Å². The maximum atomic E-state index is 9.24. The summed E-state index contributed by atoms with van der Waals surface area (Å²) in [5.41, 5.74) is 15.1. The molecule has 0 saturated carbocycles. The molecule has 0 fully saturated rings. The Hall–Kier alpha value is -0.650. The molecule has 5 nitrogen and oxygen atoms in total. The molecule has 0 saturated heterocycles.